The Kier molecular flexibility index (Phi) is 4.49. The van der Waals surface area contributed by atoms with E-state index in [0.29, 0.717) is 11.5 Å². The number of anilines is 2. The molecule has 2 heterocycles. The normalized spacial score (nSPS) is 11.5. The summed E-state index contributed by atoms with van der Waals surface area (Å²) in [6.45, 7) is 1.76. The van der Waals surface area contributed by atoms with Crippen molar-refractivity contribution in [2.45, 2.75) is 13.3 Å². The Morgan fingerprint density at radius 2 is 1.92 bits per heavy atom. The van der Waals surface area contributed by atoms with Crippen LogP contribution in [-0.4, -0.2) is 25.9 Å². The maximum Gasteiger partial charge on any atom is 0.573 e. The van der Waals surface area contributed by atoms with Crippen LogP contribution in [0.25, 0.3) is 11.4 Å². The van der Waals surface area contributed by atoms with Crippen molar-refractivity contribution in [1.82, 2.24) is 19.5 Å². The number of ether oxygens (including phenoxy) is 1. The van der Waals surface area contributed by atoms with Crippen LogP contribution in [0.1, 0.15) is 5.82 Å². The first-order chi connectivity index (χ1) is 12.2. The SMILES string of the molecule is Cc1ncc(-c2nc(Nc3cccc(OC(F)(F)F)c3)ncc2F)n1C. The van der Waals surface area contributed by atoms with Gasteiger partial charge in [0.25, 0.3) is 0 Å². The first kappa shape index (κ1) is 17.6. The molecule has 3 aromatic rings. The Morgan fingerprint density at radius 3 is 2.58 bits per heavy atom. The third-order valence-corrected chi connectivity index (χ3v) is 3.53. The molecule has 2 aromatic heterocycles. The molecule has 1 N–H and O–H groups in total. The van der Waals surface area contributed by atoms with Crippen molar-refractivity contribution >= 4 is 11.6 Å². The van der Waals surface area contributed by atoms with E-state index in [2.05, 4.69) is 25.0 Å². The lowest BCUT2D eigenvalue weighted by Gasteiger charge is -2.11. The van der Waals surface area contributed by atoms with Crippen LogP contribution in [0.15, 0.2) is 36.7 Å². The second-order valence-corrected chi connectivity index (χ2v) is 5.34. The van der Waals surface area contributed by atoms with E-state index < -0.39 is 17.9 Å². The fourth-order valence-corrected chi connectivity index (χ4v) is 2.23. The molecule has 0 spiro atoms. The summed E-state index contributed by atoms with van der Waals surface area (Å²) in [4.78, 5) is 12.0. The van der Waals surface area contributed by atoms with Crippen molar-refractivity contribution in [3.63, 3.8) is 0 Å². The Balaban J connectivity index is 1.89. The quantitative estimate of drug-likeness (QED) is 0.707. The number of benzene rings is 1. The summed E-state index contributed by atoms with van der Waals surface area (Å²) in [5.41, 5.74) is 0.721. The Morgan fingerprint density at radius 1 is 1.15 bits per heavy atom. The number of hydrogen-bond donors (Lipinski definition) is 1. The van der Waals surface area contributed by atoms with Gasteiger partial charge in [-0.2, -0.15) is 0 Å². The lowest BCUT2D eigenvalue weighted by Crippen LogP contribution is -2.17. The van der Waals surface area contributed by atoms with Gasteiger partial charge in [0.15, 0.2) is 5.82 Å². The standard InChI is InChI=1S/C16H13F4N5O/c1-9-21-8-13(25(9)2)14-12(17)7-22-15(24-14)23-10-4-3-5-11(6-10)26-16(18,19)20/h3-8H,1-2H3,(H,22,23,24). The molecule has 0 bridgehead atoms. The molecule has 0 radical (unpaired) electrons. The second kappa shape index (κ2) is 6.62. The maximum absolute atomic E-state index is 14.1. The molecule has 136 valence electrons. The minimum Gasteiger partial charge on any atom is -0.406 e. The van der Waals surface area contributed by atoms with Gasteiger partial charge >= 0.3 is 6.36 Å². The van der Waals surface area contributed by atoms with Crippen LogP contribution in [-0.2, 0) is 7.05 Å². The molecule has 3 rings (SSSR count). The zero-order valence-corrected chi connectivity index (χ0v) is 13.7. The predicted molar refractivity (Wildman–Crippen MR) is 85.3 cm³/mol. The molecule has 0 aliphatic carbocycles. The summed E-state index contributed by atoms with van der Waals surface area (Å²) in [7, 11) is 1.71. The van der Waals surface area contributed by atoms with Crippen LogP contribution < -0.4 is 10.1 Å². The molecule has 26 heavy (non-hydrogen) atoms. The van der Waals surface area contributed by atoms with Gasteiger partial charge in [0.05, 0.1) is 18.1 Å². The lowest BCUT2D eigenvalue weighted by molar-refractivity contribution is -0.274. The highest BCUT2D eigenvalue weighted by atomic mass is 19.4. The first-order valence-electron chi connectivity index (χ1n) is 7.37. The van der Waals surface area contributed by atoms with Gasteiger partial charge in [0.2, 0.25) is 5.95 Å². The molecular formula is C16H13F4N5O. The molecule has 1 aromatic carbocycles. The van der Waals surface area contributed by atoms with Gasteiger partial charge in [-0.15, -0.1) is 13.2 Å². The summed E-state index contributed by atoms with van der Waals surface area (Å²) < 4.78 is 56.5. The summed E-state index contributed by atoms with van der Waals surface area (Å²) in [6.07, 6.45) is -2.35. The third-order valence-electron chi connectivity index (χ3n) is 3.53. The number of aromatic nitrogens is 4. The van der Waals surface area contributed by atoms with Gasteiger partial charge < -0.3 is 14.6 Å². The second-order valence-electron chi connectivity index (χ2n) is 5.34. The Labute approximate surface area is 145 Å². The van der Waals surface area contributed by atoms with Crippen LogP contribution in [0.5, 0.6) is 5.75 Å². The van der Waals surface area contributed by atoms with Crippen molar-refractivity contribution < 1.29 is 22.3 Å². The zero-order valence-electron chi connectivity index (χ0n) is 13.7. The van der Waals surface area contributed by atoms with Crippen molar-refractivity contribution in [2.24, 2.45) is 7.05 Å². The monoisotopic (exact) mass is 367 g/mol. The number of nitrogens with zero attached hydrogens (tertiary/aromatic N) is 4. The molecule has 10 heteroatoms. The number of nitrogens with one attached hydrogen (secondary N) is 1. The van der Waals surface area contributed by atoms with Crippen LogP contribution in [0.4, 0.5) is 29.2 Å². The lowest BCUT2D eigenvalue weighted by atomic mass is 10.3. The molecule has 0 unspecified atom stereocenters. The molecule has 0 aliphatic rings. The fourth-order valence-electron chi connectivity index (χ4n) is 2.23. The number of alkyl halides is 3. The van der Waals surface area contributed by atoms with Crippen molar-refractivity contribution in [3.8, 4) is 17.1 Å². The smallest absolute Gasteiger partial charge is 0.406 e. The number of hydrogen-bond acceptors (Lipinski definition) is 5. The highest BCUT2D eigenvalue weighted by Crippen LogP contribution is 2.27. The topological polar surface area (TPSA) is 64.9 Å². The van der Waals surface area contributed by atoms with Gasteiger partial charge in [-0.25, -0.2) is 19.3 Å². The summed E-state index contributed by atoms with van der Waals surface area (Å²) >= 11 is 0. The Hall–Kier alpha value is -3.17. The van der Waals surface area contributed by atoms with Crippen molar-refractivity contribution in [3.05, 3.63) is 48.3 Å². The molecule has 0 amide bonds. The minimum atomic E-state index is -4.80. The number of halogens is 4. The number of imidazole rings is 1. The van der Waals surface area contributed by atoms with E-state index in [1.807, 2.05) is 0 Å². The van der Waals surface area contributed by atoms with E-state index in [1.54, 1.807) is 18.5 Å². The highest BCUT2D eigenvalue weighted by Gasteiger charge is 2.31. The molecule has 0 aliphatic heterocycles. The predicted octanol–water partition coefficient (Wildman–Crippen LogP) is 3.97. The van der Waals surface area contributed by atoms with E-state index in [9.17, 15) is 17.6 Å². The van der Waals surface area contributed by atoms with E-state index in [0.717, 1.165) is 18.3 Å². The summed E-state index contributed by atoms with van der Waals surface area (Å²) in [6, 6.07) is 5.17. The highest BCUT2D eigenvalue weighted by molar-refractivity contribution is 5.60. The van der Waals surface area contributed by atoms with E-state index in [-0.39, 0.29) is 17.3 Å². The summed E-state index contributed by atoms with van der Waals surface area (Å²) in [5.74, 6) is -0.353. The van der Waals surface area contributed by atoms with E-state index >= 15 is 0 Å². The number of aryl methyl sites for hydroxylation is 1. The maximum atomic E-state index is 14.1. The number of rotatable bonds is 4. The summed E-state index contributed by atoms with van der Waals surface area (Å²) in [5, 5.41) is 2.73. The Bertz CT molecular complexity index is 939. The molecular weight excluding hydrogens is 354 g/mol. The van der Waals surface area contributed by atoms with Crippen molar-refractivity contribution in [1.29, 1.82) is 0 Å². The van der Waals surface area contributed by atoms with Gasteiger partial charge in [-0.05, 0) is 19.1 Å². The average Bonchev–Trinajstić information content (AvgIpc) is 2.88. The van der Waals surface area contributed by atoms with Gasteiger partial charge in [0, 0.05) is 18.8 Å². The van der Waals surface area contributed by atoms with Crippen LogP contribution in [0, 0.1) is 12.7 Å². The molecule has 0 atom stereocenters. The molecule has 0 saturated heterocycles. The van der Waals surface area contributed by atoms with Crippen LogP contribution >= 0.6 is 0 Å². The van der Waals surface area contributed by atoms with E-state index in [1.165, 1.54) is 18.3 Å². The fraction of sp³-hybridized carbons (Fsp3) is 0.188. The van der Waals surface area contributed by atoms with Gasteiger partial charge in [0.1, 0.15) is 17.3 Å². The molecule has 0 saturated carbocycles. The van der Waals surface area contributed by atoms with Crippen LogP contribution in [0.3, 0.4) is 0 Å². The largest absolute Gasteiger partial charge is 0.573 e. The average molecular weight is 367 g/mol. The molecule has 0 fully saturated rings. The van der Waals surface area contributed by atoms with E-state index in [4.69, 9.17) is 0 Å². The molecule has 6 nitrogen and oxygen atoms in total. The first-order valence-corrected chi connectivity index (χ1v) is 7.37. The van der Waals surface area contributed by atoms with Gasteiger partial charge in [-0.3, -0.25) is 0 Å². The third kappa shape index (κ3) is 3.90. The van der Waals surface area contributed by atoms with Crippen molar-refractivity contribution in [2.75, 3.05) is 5.32 Å². The van der Waals surface area contributed by atoms with Gasteiger partial charge in [-0.1, -0.05) is 6.07 Å². The minimum absolute atomic E-state index is 0.0180. The van der Waals surface area contributed by atoms with Crippen LogP contribution in [0.2, 0.25) is 0 Å². The zero-order chi connectivity index (χ0) is 18.9.